The van der Waals surface area contributed by atoms with Gasteiger partial charge in [-0.2, -0.15) is 5.10 Å². The molecule has 0 aliphatic heterocycles. The average Bonchev–Trinajstić information content (AvgIpc) is 2.93. The summed E-state index contributed by atoms with van der Waals surface area (Å²) in [7, 11) is 1.40. The van der Waals surface area contributed by atoms with Gasteiger partial charge >= 0.3 is 5.69 Å². The summed E-state index contributed by atoms with van der Waals surface area (Å²) in [5, 5.41) is 6.88. The molecule has 0 unspecified atom stereocenters. The van der Waals surface area contributed by atoms with E-state index in [1.807, 2.05) is 0 Å². The van der Waals surface area contributed by atoms with E-state index < -0.39 is 11.2 Å². The molecule has 3 rings (SSSR count). The number of nitrogens with zero attached hydrogens (tertiary/aromatic N) is 2. The third-order valence-electron chi connectivity index (χ3n) is 2.58. The minimum Gasteiger partial charge on any atom is -0.463 e. The molecule has 0 fully saturated rings. The van der Waals surface area contributed by atoms with Gasteiger partial charge in [0.1, 0.15) is 11.1 Å². The summed E-state index contributed by atoms with van der Waals surface area (Å²) in [6, 6.07) is 3.41. The van der Waals surface area contributed by atoms with Gasteiger partial charge in [0.2, 0.25) is 0 Å². The maximum atomic E-state index is 12.0. The molecule has 0 atom stereocenters. The molecule has 7 nitrogen and oxygen atoms in total. The molecule has 0 aliphatic carbocycles. The minimum absolute atomic E-state index is 0.226. The summed E-state index contributed by atoms with van der Waals surface area (Å²) >= 11 is 0. The lowest BCUT2D eigenvalue weighted by Crippen LogP contribution is -2.32. The fourth-order valence-corrected chi connectivity index (χ4v) is 1.68. The van der Waals surface area contributed by atoms with Crippen molar-refractivity contribution in [3.8, 4) is 11.5 Å². The molecule has 0 bridgehead atoms. The van der Waals surface area contributed by atoms with Gasteiger partial charge in [-0.05, 0) is 12.1 Å². The second-order valence-corrected chi connectivity index (χ2v) is 3.59. The van der Waals surface area contributed by atoms with Crippen molar-refractivity contribution in [1.29, 1.82) is 0 Å². The van der Waals surface area contributed by atoms with Crippen LogP contribution in [0.1, 0.15) is 0 Å². The molecule has 0 radical (unpaired) electrons. The highest BCUT2D eigenvalue weighted by Crippen LogP contribution is 2.22. The Labute approximate surface area is 93.7 Å². The molecule has 3 aromatic rings. The number of aromatic amines is 2. The lowest BCUT2D eigenvalue weighted by Gasteiger charge is -1.96. The Balaban J connectivity index is 2.48. The van der Waals surface area contributed by atoms with Crippen LogP contribution in [0.25, 0.3) is 22.5 Å². The highest BCUT2D eigenvalue weighted by molar-refractivity contribution is 5.88. The van der Waals surface area contributed by atoms with Gasteiger partial charge in [-0.25, -0.2) is 4.79 Å². The number of furan rings is 1. The van der Waals surface area contributed by atoms with Crippen LogP contribution in [0.2, 0.25) is 0 Å². The van der Waals surface area contributed by atoms with Gasteiger partial charge in [0.15, 0.2) is 11.4 Å². The van der Waals surface area contributed by atoms with Crippen molar-refractivity contribution in [2.45, 2.75) is 0 Å². The number of H-pyrrole nitrogens is 2. The van der Waals surface area contributed by atoms with Crippen LogP contribution in [0.4, 0.5) is 0 Å². The van der Waals surface area contributed by atoms with Crippen LogP contribution >= 0.6 is 0 Å². The first-order valence-corrected chi connectivity index (χ1v) is 4.90. The van der Waals surface area contributed by atoms with Crippen LogP contribution in [0.5, 0.6) is 0 Å². The van der Waals surface area contributed by atoms with Crippen molar-refractivity contribution >= 4 is 11.0 Å². The summed E-state index contributed by atoms with van der Waals surface area (Å²) in [6.07, 6.45) is 1.50. The predicted molar refractivity (Wildman–Crippen MR) is 59.7 cm³/mol. The maximum Gasteiger partial charge on any atom is 0.329 e. The van der Waals surface area contributed by atoms with Gasteiger partial charge in [0, 0.05) is 7.05 Å². The summed E-state index contributed by atoms with van der Waals surface area (Å²) in [5.41, 5.74) is -0.227. The zero-order chi connectivity index (χ0) is 12.0. The van der Waals surface area contributed by atoms with Gasteiger partial charge in [0.05, 0.1) is 6.26 Å². The Kier molecular flexibility index (Phi) is 1.82. The normalized spacial score (nSPS) is 11.1. The van der Waals surface area contributed by atoms with Crippen LogP contribution in [-0.4, -0.2) is 19.7 Å². The van der Waals surface area contributed by atoms with Gasteiger partial charge in [0.25, 0.3) is 5.56 Å². The lowest BCUT2D eigenvalue weighted by atomic mass is 10.2. The first-order valence-electron chi connectivity index (χ1n) is 4.90. The highest BCUT2D eigenvalue weighted by Gasteiger charge is 2.15. The molecule has 0 amide bonds. The molecule has 3 aromatic heterocycles. The number of aromatic nitrogens is 4. The first kappa shape index (κ1) is 9.64. The van der Waals surface area contributed by atoms with Gasteiger partial charge in [-0.3, -0.25) is 19.4 Å². The Hall–Kier alpha value is -2.57. The van der Waals surface area contributed by atoms with Crippen LogP contribution in [-0.2, 0) is 7.05 Å². The third kappa shape index (κ3) is 1.25. The summed E-state index contributed by atoms with van der Waals surface area (Å²) in [5.74, 6) is 0.497. The summed E-state index contributed by atoms with van der Waals surface area (Å²) < 4.78 is 6.19. The standard InChI is InChI=1S/C10H8N4O3/c1-14-9(15)6-7(5-3-2-4-17-5)12-13-8(6)11-10(14)16/h2-4H,1H3,(H2,11,12,13,16). The Morgan fingerprint density at radius 3 is 2.94 bits per heavy atom. The molecule has 0 aromatic carbocycles. The Morgan fingerprint density at radius 2 is 2.24 bits per heavy atom. The van der Waals surface area contributed by atoms with Crippen molar-refractivity contribution < 1.29 is 4.42 Å². The fourth-order valence-electron chi connectivity index (χ4n) is 1.68. The molecule has 0 spiro atoms. The van der Waals surface area contributed by atoms with E-state index >= 15 is 0 Å². The fraction of sp³-hybridized carbons (Fsp3) is 0.100. The largest absolute Gasteiger partial charge is 0.463 e. The quantitative estimate of drug-likeness (QED) is 0.626. The van der Waals surface area contributed by atoms with Crippen molar-refractivity contribution in [1.82, 2.24) is 19.7 Å². The zero-order valence-electron chi connectivity index (χ0n) is 8.85. The zero-order valence-corrected chi connectivity index (χ0v) is 8.85. The second-order valence-electron chi connectivity index (χ2n) is 3.59. The molecule has 0 saturated heterocycles. The van der Waals surface area contributed by atoms with Crippen LogP contribution in [0.3, 0.4) is 0 Å². The lowest BCUT2D eigenvalue weighted by molar-refractivity contribution is 0.580. The smallest absolute Gasteiger partial charge is 0.329 e. The minimum atomic E-state index is -0.500. The van der Waals surface area contributed by atoms with Crippen LogP contribution in [0.15, 0.2) is 32.4 Å². The topological polar surface area (TPSA) is 96.7 Å². The molecule has 17 heavy (non-hydrogen) atoms. The molecule has 0 aliphatic rings. The molecule has 0 saturated carbocycles. The van der Waals surface area contributed by atoms with E-state index in [1.54, 1.807) is 12.1 Å². The van der Waals surface area contributed by atoms with E-state index in [1.165, 1.54) is 13.3 Å². The van der Waals surface area contributed by atoms with E-state index in [0.29, 0.717) is 16.8 Å². The van der Waals surface area contributed by atoms with E-state index in [0.717, 1.165) is 4.57 Å². The average molecular weight is 232 g/mol. The second kappa shape index (κ2) is 3.21. The highest BCUT2D eigenvalue weighted by atomic mass is 16.3. The molecular formula is C10H8N4O3. The van der Waals surface area contributed by atoms with Crippen LogP contribution < -0.4 is 11.2 Å². The van der Waals surface area contributed by atoms with Gasteiger partial charge in [-0.1, -0.05) is 0 Å². The molecule has 2 N–H and O–H groups in total. The van der Waals surface area contributed by atoms with Crippen molar-refractivity contribution in [3.05, 3.63) is 39.2 Å². The Morgan fingerprint density at radius 1 is 1.41 bits per heavy atom. The number of fused-ring (bicyclic) bond motifs is 1. The number of rotatable bonds is 1. The number of hydrogen-bond acceptors (Lipinski definition) is 4. The van der Waals surface area contributed by atoms with Gasteiger partial charge in [-0.15, -0.1) is 0 Å². The predicted octanol–water partition coefficient (Wildman–Crippen LogP) is 0.210. The van der Waals surface area contributed by atoms with E-state index in [2.05, 4.69) is 15.2 Å². The van der Waals surface area contributed by atoms with E-state index in [4.69, 9.17) is 4.42 Å². The third-order valence-corrected chi connectivity index (χ3v) is 2.58. The molecule has 7 heteroatoms. The van der Waals surface area contributed by atoms with Crippen LogP contribution in [0, 0.1) is 0 Å². The molecular weight excluding hydrogens is 224 g/mol. The van der Waals surface area contributed by atoms with Crippen molar-refractivity contribution in [2.75, 3.05) is 0 Å². The summed E-state index contributed by atoms with van der Waals surface area (Å²) in [4.78, 5) is 25.9. The first-order chi connectivity index (χ1) is 8.18. The number of nitrogens with one attached hydrogen (secondary N) is 2. The molecule has 3 heterocycles. The Bertz CT molecular complexity index is 791. The van der Waals surface area contributed by atoms with E-state index in [9.17, 15) is 9.59 Å². The SMILES string of the molecule is Cn1c(=O)[nH]c2n[nH]c(-c3ccco3)c2c1=O. The van der Waals surface area contributed by atoms with Crippen molar-refractivity contribution in [2.24, 2.45) is 7.05 Å². The summed E-state index contributed by atoms with van der Waals surface area (Å²) in [6.45, 7) is 0. The van der Waals surface area contributed by atoms with E-state index in [-0.39, 0.29) is 5.65 Å². The maximum absolute atomic E-state index is 12.0. The molecule has 86 valence electrons. The monoisotopic (exact) mass is 232 g/mol. The van der Waals surface area contributed by atoms with Crippen molar-refractivity contribution in [3.63, 3.8) is 0 Å². The van der Waals surface area contributed by atoms with Gasteiger partial charge < -0.3 is 4.42 Å². The number of hydrogen-bond donors (Lipinski definition) is 2.